The number of nitrogens with zero attached hydrogens (tertiary/aromatic N) is 1. The first-order valence-corrected chi connectivity index (χ1v) is 12.7. The molecule has 10 nitrogen and oxygen atoms in total. The molecule has 0 unspecified atom stereocenters. The van der Waals surface area contributed by atoms with E-state index in [4.69, 9.17) is 0 Å². The lowest BCUT2D eigenvalue weighted by Gasteiger charge is -2.23. The van der Waals surface area contributed by atoms with Gasteiger partial charge in [-0.3, -0.25) is 14.4 Å². The molecule has 1 aromatic heterocycles. The van der Waals surface area contributed by atoms with Crippen molar-refractivity contribution in [3.8, 4) is 0 Å². The number of benzene rings is 2. The minimum atomic E-state index is -1.25. The van der Waals surface area contributed by atoms with Crippen molar-refractivity contribution in [2.75, 3.05) is 12.0 Å². The van der Waals surface area contributed by atoms with E-state index in [9.17, 15) is 29.1 Å². The SMILES string of the molecule is CSCC[C@H](NC(=O)[C@H](C)NC(=O)[C@H](Cc1ccccc1)n1c(=O)[nH]c2ccccc2c1=O)C(=O)O. The number of rotatable bonds is 11. The Morgan fingerprint density at radius 1 is 1.00 bits per heavy atom. The average Bonchev–Trinajstić information content (AvgIpc) is 2.86. The average molecular weight is 513 g/mol. The Balaban J connectivity index is 1.91. The molecule has 0 fully saturated rings. The summed E-state index contributed by atoms with van der Waals surface area (Å²) in [4.78, 5) is 66.3. The van der Waals surface area contributed by atoms with Crippen LogP contribution in [0.15, 0.2) is 64.2 Å². The molecule has 0 radical (unpaired) electrons. The van der Waals surface area contributed by atoms with E-state index in [0.29, 0.717) is 16.8 Å². The smallest absolute Gasteiger partial charge is 0.329 e. The zero-order chi connectivity index (χ0) is 26.2. The Kier molecular flexibility index (Phi) is 9.07. The molecule has 3 aromatic rings. The predicted octanol–water partition coefficient (Wildman–Crippen LogP) is 1.30. The zero-order valence-electron chi connectivity index (χ0n) is 19.9. The molecule has 2 amide bonds. The summed E-state index contributed by atoms with van der Waals surface area (Å²) in [5.74, 6) is -2.05. The number of carboxylic acid groups (broad SMARTS) is 1. The lowest BCUT2D eigenvalue weighted by Crippen LogP contribution is -2.53. The lowest BCUT2D eigenvalue weighted by atomic mass is 10.0. The van der Waals surface area contributed by atoms with Gasteiger partial charge in [0.2, 0.25) is 11.8 Å². The van der Waals surface area contributed by atoms with E-state index in [1.165, 1.54) is 18.7 Å². The molecular formula is C25H28N4O6S. The summed E-state index contributed by atoms with van der Waals surface area (Å²) in [6.07, 6.45) is 2.07. The van der Waals surface area contributed by atoms with Gasteiger partial charge in [-0.1, -0.05) is 42.5 Å². The fraction of sp³-hybridized carbons (Fsp3) is 0.320. The van der Waals surface area contributed by atoms with Gasteiger partial charge in [0.25, 0.3) is 5.56 Å². The quantitative estimate of drug-likeness (QED) is 0.302. The molecule has 2 aromatic carbocycles. The van der Waals surface area contributed by atoms with Gasteiger partial charge in [0, 0.05) is 6.42 Å². The number of aliphatic carboxylic acids is 1. The third-order valence-corrected chi connectivity index (χ3v) is 6.34. The number of nitrogens with one attached hydrogen (secondary N) is 3. The van der Waals surface area contributed by atoms with Crippen LogP contribution in [0.25, 0.3) is 10.9 Å². The van der Waals surface area contributed by atoms with Crippen LogP contribution >= 0.6 is 11.8 Å². The van der Waals surface area contributed by atoms with E-state index in [1.54, 1.807) is 54.6 Å². The number of amides is 2. The minimum absolute atomic E-state index is 0.0216. The molecule has 3 rings (SSSR count). The van der Waals surface area contributed by atoms with E-state index in [2.05, 4.69) is 15.6 Å². The number of hydrogen-bond donors (Lipinski definition) is 4. The van der Waals surface area contributed by atoms with E-state index >= 15 is 0 Å². The molecule has 0 aliphatic rings. The molecule has 0 aliphatic heterocycles. The summed E-state index contributed by atoms with van der Waals surface area (Å²) in [5, 5.41) is 14.6. The van der Waals surface area contributed by atoms with Crippen molar-refractivity contribution in [2.45, 2.75) is 37.9 Å². The highest BCUT2D eigenvalue weighted by molar-refractivity contribution is 7.98. The van der Waals surface area contributed by atoms with E-state index in [-0.39, 0.29) is 18.2 Å². The van der Waals surface area contributed by atoms with Crippen LogP contribution in [0, 0.1) is 0 Å². The number of carboxylic acids is 1. The zero-order valence-corrected chi connectivity index (χ0v) is 20.7. The molecular weight excluding hydrogens is 484 g/mol. The molecule has 0 saturated heterocycles. The van der Waals surface area contributed by atoms with Gasteiger partial charge in [-0.2, -0.15) is 11.8 Å². The molecule has 0 aliphatic carbocycles. The number of hydrogen-bond acceptors (Lipinski definition) is 6. The number of aromatic amines is 1. The topological polar surface area (TPSA) is 150 Å². The summed E-state index contributed by atoms with van der Waals surface area (Å²) in [7, 11) is 0. The maximum Gasteiger partial charge on any atom is 0.329 e. The van der Waals surface area contributed by atoms with E-state index in [1.807, 2.05) is 6.26 Å². The van der Waals surface area contributed by atoms with Crippen molar-refractivity contribution in [1.29, 1.82) is 0 Å². The largest absolute Gasteiger partial charge is 0.480 e. The van der Waals surface area contributed by atoms with Gasteiger partial charge in [-0.15, -0.1) is 0 Å². The monoisotopic (exact) mass is 512 g/mol. The molecule has 0 bridgehead atoms. The van der Waals surface area contributed by atoms with Crippen LogP contribution in [0.4, 0.5) is 0 Å². The van der Waals surface area contributed by atoms with Gasteiger partial charge in [0.05, 0.1) is 10.9 Å². The Morgan fingerprint density at radius 3 is 2.33 bits per heavy atom. The van der Waals surface area contributed by atoms with Crippen LogP contribution in [-0.4, -0.2) is 56.5 Å². The second-order valence-electron chi connectivity index (χ2n) is 8.27. The van der Waals surface area contributed by atoms with Crippen LogP contribution in [-0.2, 0) is 20.8 Å². The van der Waals surface area contributed by atoms with Crippen molar-refractivity contribution < 1.29 is 19.5 Å². The Morgan fingerprint density at radius 2 is 1.67 bits per heavy atom. The third kappa shape index (κ3) is 6.42. The fourth-order valence-corrected chi connectivity index (χ4v) is 4.23. The van der Waals surface area contributed by atoms with Crippen molar-refractivity contribution in [3.63, 3.8) is 0 Å². The van der Waals surface area contributed by atoms with E-state index in [0.717, 1.165) is 4.57 Å². The van der Waals surface area contributed by atoms with Crippen molar-refractivity contribution in [3.05, 3.63) is 81.0 Å². The highest BCUT2D eigenvalue weighted by Crippen LogP contribution is 2.14. The minimum Gasteiger partial charge on any atom is -0.480 e. The van der Waals surface area contributed by atoms with E-state index < -0.39 is 47.2 Å². The van der Waals surface area contributed by atoms with Gasteiger partial charge in [0.1, 0.15) is 18.1 Å². The number of H-pyrrole nitrogens is 1. The summed E-state index contributed by atoms with van der Waals surface area (Å²) in [6.45, 7) is 1.41. The molecule has 1 heterocycles. The highest BCUT2D eigenvalue weighted by Gasteiger charge is 2.29. The number of aromatic nitrogens is 2. The Bertz CT molecular complexity index is 1350. The molecule has 36 heavy (non-hydrogen) atoms. The summed E-state index contributed by atoms with van der Waals surface area (Å²) < 4.78 is 0.855. The number of carbonyl (C=O) groups excluding carboxylic acids is 2. The first-order valence-electron chi connectivity index (χ1n) is 11.3. The predicted molar refractivity (Wildman–Crippen MR) is 138 cm³/mol. The number of carbonyl (C=O) groups is 3. The number of para-hydroxylation sites is 1. The molecule has 0 spiro atoms. The van der Waals surface area contributed by atoms with Crippen molar-refractivity contribution in [1.82, 2.24) is 20.2 Å². The van der Waals surface area contributed by atoms with Crippen molar-refractivity contribution in [2.24, 2.45) is 0 Å². The van der Waals surface area contributed by atoms with Crippen LogP contribution in [0.1, 0.15) is 24.9 Å². The maximum atomic E-state index is 13.4. The van der Waals surface area contributed by atoms with Gasteiger partial charge in [-0.05, 0) is 43.0 Å². The molecule has 4 N–H and O–H groups in total. The molecule has 0 saturated carbocycles. The molecule has 3 atom stereocenters. The molecule has 11 heteroatoms. The normalized spacial score (nSPS) is 13.5. The first-order chi connectivity index (χ1) is 17.2. The third-order valence-electron chi connectivity index (χ3n) is 5.70. The van der Waals surface area contributed by atoms with Crippen molar-refractivity contribution >= 4 is 40.4 Å². The van der Waals surface area contributed by atoms with Crippen LogP contribution in [0.5, 0.6) is 0 Å². The fourth-order valence-electron chi connectivity index (χ4n) is 3.76. The maximum absolute atomic E-state index is 13.4. The summed E-state index contributed by atoms with van der Waals surface area (Å²) in [5.41, 5.74) is -0.335. The van der Waals surface area contributed by atoms with Crippen LogP contribution in [0.3, 0.4) is 0 Å². The summed E-state index contributed by atoms with van der Waals surface area (Å²) >= 11 is 1.45. The Hall–Kier alpha value is -3.86. The van der Waals surface area contributed by atoms with Crippen LogP contribution in [0.2, 0.25) is 0 Å². The first kappa shape index (κ1) is 26.7. The van der Waals surface area contributed by atoms with Crippen LogP contribution < -0.4 is 21.9 Å². The standard InChI is InChI=1S/C25H28N4O6S/c1-15(21(30)27-19(24(33)34)12-13-36-2)26-22(31)20(14-16-8-4-3-5-9-16)29-23(32)17-10-6-7-11-18(17)28-25(29)35/h3-11,15,19-20H,12-14H2,1-2H3,(H,26,31)(H,27,30)(H,28,35)(H,33,34)/t15-,19-,20-/m0/s1. The van der Waals surface area contributed by atoms with Gasteiger partial charge < -0.3 is 20.7 Å². The molecule has 190 valence electrons. The Labute approximate surface area is 211 Å². The second-order valence-corrected chi connectivity index (χ2v) is 9.25. The summed E-state index contributed by atoms with van der Waals surface area (Å²) in [6, 6.07) is 11.9. The highest BCUT2D eigenvalue weighted by atomic mass is 32.2. The van der Waals surface area contributed by atoms with Gasteiger partial charge >= 0.3 is 11.7 Å². The second kappa shape index (κ2) is 12.2. The van der Waals surface area contributed by atoms with Gasteiger partial charge in [0.15, 0.2) is 0 Å². The lowest BCUT2D eigenvalue weighted by molar-refractivity contribution is -0.142. The number of thioether (sulfide) groups is 1. The number of fused-ring (bicyclic) bond motifs is 1. The van der Waals surface area contributed by atoms with Gasteiger partial charge in [-0.25, -0.2) is 14.2 Å².